The second-order valence-electron chi connectivity index (χ2n) is 14.2. The molecular formula is C41H47BN2O6. The number of rotatable bonds is 11. The third-order valence-electron chi connectivity index (χ3n) is 11.1. The zero-order chi connectivity index (χ0) is 34.6. The van der Waals surface area contributed by atoms with Crippen LogP contribution in [-0.2, 0) is 20.8 Å². The standard InChI is InChI=1S/C41H47BN2O6/c1-2-28(23-30-13-9-10-16-36(30)45)17-18-37-38-31(27-49-33-14-7-4-8-15-33)24-34-39(35(38)25-42(48)50-37)41(47)44(40(34)46)32-19-21-43(22-20-32)26-29-11-5-3-6-12-29/h3-16,23,32,34-35,37,39,45,48H,2,17-22,24-27H2,1H3/b28-23+/t34-,35+,37-,39-/m1/s1. The van der Waals surface area contributed by atoms with E-state index < -0.39 is 25.1 Å². The molecule has 8 nitrogen and oxygen atoms in total. The number of amides is 2. The maximum atomic E-state index is 14.4. The van der Waals surface area contributed by atoms with Crippen molar-refractivity contribution in [2.24, 2.45) is 17.8 Å². The molecule has 3 fully saturated rings. The lowest BCUT2D eigenvalue weighted by molar-refractivity contribution is -0.144. The highest BCUT2D eigenvalue weighted by Crippen LogP contribution is 2.51. The predicted octanol–water partition coefficient (Wildman–Crippen LogP) is 6.51. The van der Waals surface area contributed by atoms with Crippen LogP contribution in [-0.4, -0.2) is 70.7 Å². The average molecular weight is 675 g/mol. The van der Waals surface area contributed by atoms with E-state index in [0.717, 1.165) is 66.9 Å². The van der Waals surface area contributed by atoms with Gasteiger partial charge in [-0.3, -0.25) is 19.4 Å². The van der Waals surface area contributed by atoms with Crippen molar-refractivity contribution in [1.29, 1.82) is 0 Å². The van der Waals surface area contributed by atoms with Gasteiger partial charge in [0.05, 0.1) is 17.9 Å². The summed E-state index contributed by atoms with van der Waals surface area (Å²) in [5.74, 6) is -0.467. The molecule has 3 heterocycles. The maximum absolute atomic E-state index is 14.4. The van der Waals surface area contributed by atoms with Gasteiger partial charge < -0.3 is 19.5 Å². The lowest BCUT2D eigenvalue weighted by Crippen LogP contribution is -2.48. The number of likely N-dealkylation sites (tertiary alicyclic amines) is 2. The molecule has 7 rings (SSSR count). The molecule has 0 bridgehead atoms. The Morgan fingerprint density at radius 3 is 2.36 bits per heavy atom. The van der Waals surface area contributed by atoms with Crippen LogP contribution in [0, 0.1) is 17.8 Å². The summed E-state index contributed by atoms with van der Waals surface area (Å²) in [5.41, 5.74) is 5.21. The minimum Gasteiger partial charge on any atom is -0.507 e. The molecule has 4 atom stereocenters. The summed E-state index contributed by atoms with van der Waals surface area (Å²) in [5, 5.41) is 21.5. The highest BCUT2D eigenvalue weighted by atomic mass is 16.5. The third kappa shape index (κ3) is 7.31. The van der Waals surface area contributed by atoms with Crippen molar-refractivity contribution in [3.63, 3.8) is 0 Å². The number of piperidine rings is 1. The van der Waals surface area contributed by atoms with E-state index in [4.69, 9.17) is 9.39 Å². The van der Waals surface area contributed by atoms with Gasteiger partial charge in [-0.2, -0.15) is 0 Å². The summed E-state index contributed by atoms with van der Waals surface area (Å²) in [6.07, 6.45) is 5.95. The van der Waals surface area contributed by atoms with Gasteiger partial charge in [0.1, 0.15) is 18.1 Å². The van der Waals surface area contributed by atoms with E-state index in [-0.39, 0.29) is 35.8 Å². The highest BCUT2D eigenvalue weighted by molar-refractivity contribution is 6.43. The molecule has 3 aromatic carbocycles. The third-order valence-corrected chi connectivity index (χ3v) is 11.1. The largest absolute Gasteiger partial charge is 0.507 e. The van der Waals surface area contributed by atoms with Gasteiger partial charge in [-0.25, -0.2) is 0 Å². The van der Waals surface area contributed by atoms with E-state index >= 15 is 0 Å². The molecule has 50 heavy (non-hydrogen) atoms. The average Bonchev–Trinajstić information content (AvgIpc) is 3.39. The van der Waals surface area contributed by atoms with Crippen LogP contribution in [0.2, 0.25) is 6.32 Å². The van der Waals surface area contributed by atoms with Gasteiger partial charge in [0.15, 0.2) is 0 Å². The molecule has 3 aliphatic heterocycles. The molecule has 3 saturated heterocycles. The van der Waals surface area contributed by atoms with Gasteiger partial charge >= 0.3 is 7.12 Å². The summed E-state index contributed by atoms with van der Waals surface area (Å²) in [6.45, 7) is 4.91. The SMILES string of the molecule is CC/C(=C\c1ccccc1O)CC[C@H]1OB(O)C[C@H]2C1=C(COc1ccccc1)C[C@H]1C(=O)N(C3CCN(Cc4ccccc4)CC3)C(=O)[C@H]12. The number of para-hydroxylation sites is 2. The number of hydrogen-bond donors (Lipinski definition) is 2. The van der Waals surface area contributed by atoms with Gasteiger partial charge in [-0.1, -0.05) is 85.3 Å². The quantitative estimate of drug-likeness (QED) is 0.136. The fourth-order valence-corrected chi connectivity index (χ4v) is 8.64. The Morgan fingerprint density at radius 1 is 0.940 bits per heavy atom. The Kier molecular flexibility index (Phi) is 10.5. The summed E-state index contributed by atoms with van der Waals surface area (Å²) in [6, 6.07) is 27.2. The van der Waals surface area contributed by atoms with Crippen LogP contribution in [0.5, 0.6) is 11.5 Å². The number of benzene rings is 3. The fourth-order valence-electron chi connectivity index (χ4n) is 8.64. The molecule has 0 spiro atoms. The Bertz CT molecular complexity index is 1720. The lowest BCUT2D eigenvalue weighted by atomic mass is 9.58. The van der Waals surface area contributed by atoms with E-state index in [9.17, 15) is 19.7 Å². The van der Waals surface area contributed by atoms with E-state index in [1.165, 1.54) is 5.56 Å². The summed E-state index contributed by atoms with van der Waals surface area (Å²) in [4.78, 5) is 32.7. The van der Waals surface area contributed by atoms with Crippen LogP contribution in [0.1, 0.15) is 56.6 Å². The number of phenolic OH excluding ortho intramolecular Hbond substituents is 1. The number of phenols is 1. The van der Waals surface area contributed by atoms with Gasteiger partial charge in [0, 0.05) is 31.2 Å². The second kappa shape index (κ2) is 15.4. The van der Waals surface area contributed by atoms with Crippen molar-refractivity contribution < 1.29 is 29.1 Å². The monoisotopic (exact) mass is 674 g/mol. The first kappa shape index (κ1) is 34.3. The molecule has 0 unspecified atom stereocenters. The van der Waals surface area contributed by atoms with E-state index in [2.05, 4.69) is 36.1 Å². The number of hydrogen-bond acceptors (Lipinski definition) is 7. The molecule has 2 amide bonds. The van der Waals surface area contributed by atoms with Crippen LogP contribution >= 0.6 is 0 Å². The zero-order valence-corrected chi connectivity index (χ0v) is 28.8. The number of fused-ring (bicyclic) bond motifs is 3. The maximum Gasteiger partial charge on any atom is 0.455 e. The van der Waals surface area contributed by atoms with Crippen LogP contribution in [0.25, 0.3) is 6.08 Å². The van der Waals surface area contributed by atoms with E-state index in [1.807, 2.05) is 60.7 Å². The topological polar surface area (TPSA) is 99.5 Å². The Morgan fingerprint density at radius 2 is 1.64 bits per heavy atom. The van der Waals surface area contributed by atoms with Gasteiger partial charge in [0.2, 0.25) is 11.8 Å². The van der Waals surface area contributed by atoms with Gasteiger partial charge in [0.25, 0.3) is 0 Å². The van der Waals surface area contributed by atoms with Crippen molar-refractivity contribution in [3.05, 3.63) is 113 Å². The second-order valence-corrected chi connectivity index (χ2v) is 14.2. The normalized spacial score (nSPS) is 24.8. The Hall–Kier alpha value is -4.18. The molecule has 2 N–H and O–H groups in total. The van der Waals surface area contributed by atoms with E-state index in [0.29, 0.717) is 25.9 Å². The Balaban J connectivity index is 1.12. The molecule has 1 aliphatic carbocycles. The minimum atomic E-state index is -1.03. The van der Waals surface area contributed by atoms with Crippen LogP contribution in [0.3, 0.4) is 0 Å². The number of allylic oxidation sites excluding steroid dienone is 1. The van der Waals surface area contributed by atoms with Crippen molar-refractivity contribution in [2.45, 2.75) is 70.5 Å². The van der Waals surface area contributed by atoms with Crippen LogP contribution in [0.4, 0.5) is 0 Å². The van der Waals surface area contributed by atoms with Crippen molar-refractivity contribution in [2.75, 3.05) is 19.7 Å². The number of aromatic hydroxyl groups is 1. The van der Waals surface area contributed by atoms with Gasteiger partial charge in [-0.05, 0) is 85.7 Å². The molecule has 3 aromatic rings. The predicted molar refractivity (Wildman–Crippen MR) is 194 cm³/mol. The molecule has 4 aliphatic rings. The number of nitrogens with zero attached hydrogens (tertiary/aromatic N) is 2. The molecule has 0 radical (unpaired) electrons. The molecule has 9 heteroatoms. The summed E-state index contributed by atoms with van der Waals surface area (Å²) in [7, 11) is -1.03. The van der Waals surface area contributed by atoms with Crippen molar-refractivity contribution in [1.82, 2.24) is 9.80 Å². The molecule has 0 saturated carbocycles. The van der Waals surface area contributed by atoms with Crippen LogP contribution in [0.15, 0.2) is 102 Å². The molecule has 260 valence electrons. The fraction of sp³-hybridized carbons (Fsp3) is 0.415. The number of ether oxygens (including phenoxy) is 1. The van der Waals surface area contributed by atoms with Crippen molar-refractivity contribution >= 4 is 25.0 Å². The van der Waals surface area contributed by atoms with E-state index in [1.54, 1.807) is 11.0 Å². The minimum absolute atomic E-state index is 0.0748. The molecule has 0 aromatic heterocycles. The highest BCUT2D eigenvalue weighted by Gasteiger charge is 2.58. The van der Waals surface area contributed by atoms with Crippen LogP contribution < -0.4 is 4.74 Å². The number of imide groups is 1. The van der Waals surface area contributed by atoms with Crippen molar-refractivity contribution in [3.8, 4) is 11.5 Å². The first-order valence-corrected chi connectivity index (χ1v) is 18.2. The molecular weight excluding hydrogens is 627 g/mol. The number of carbonyl (C=O) groups is 2. The first-order valence-electron chi connectivity index (χ1n) is 18.2. The smallest absolute Gasteiger partial charge is 0.455 e. The van der Waals surface area contributed by atoms with Gasteiger partial charge in [-0.15, -0.1) is 0 Å². The number of carbonyl (C=O) groups excluding carboxylic acids is 2. The Labute approximate surface area is 295 Å². The summed E-state index contributed by atoms with van der Waals surface area (Å²) >= 11 is 0. The zero-order valence-electron chi connectivity index (χ0n) is 28.8. The first-order chi connectivity index (χ1) is 24.4. The lowest BCUT2D eigenvalue weighted by Gasteiger charge is -2.43. The summed E-state index contributed by atoms with van der Waals surface area (Å²) < 4.78 is 12.6.